The van der Waals surface area contributed by atoms with E-state index in [1.807, 2.05) is 0 Å². The zero-order chi connectivity index (χ0) is 20.1. The molecular weight excluding hydrogens is 505 g/mol. The Morgan fingerprint density at radius 3 is 2.29 bits per heavy atom. The first-order valence-corrected chi connectivity index (χ1v) is 12.9. The summed E-state index contributed by atoms with van der Waals surface area (Å²) in [6.07, 6.45) is 5.18. The fourth-order valence-corrected chi connectivity index (χ4v) is 8.35. The maximum atomic E-state index is 13.1. The molecule has 1 saturated heterocycles. The van der Waals surface area contributed by atoms with Crippen molar-refractivity contribution in [1.29, 1.82) is 0 Å². The van der Waals surface area contributed by atoms with Gasteiger partial charge in [-0.2, -0.15) is 4.31 Å². The lowest BCUT2D eigenvalue weighted by Crippen LogP contribution is -2.55. The third-order valence-corrected chi connectivity index (χ3v) is 9.79. The predicted octanol–water partition coefficient (Wildman–Crippen LogP) is 4.13. The summed E-state index contributed by atoms with van der Waals surface area (Å²) in [7, 11) is -3.76. The van der Waals surface area contributed by atoms with Gasteiger partial charge in [0.1, 0.15) is 4.90 Å². The van der Waals surface area contributed by atoms with E-state index in [0.717, 1.165) is 16.9 Å². The van der Waals surface area contributed by atoms with Gasteiger partial charge in [0, 0.05) is 36.7 Å². The van der Waals surface area contributed by atoms with E-state index in [2.05, 4.69) is 26.1 Å². The van der Waals surface area contributed by atoms with Crippen molar-refractivity contribution in [2.24, 2.45) is 11.8 Å². The number of benzene rings is 1. The third kappa shape index (κ3) is 4.05. The first-order chi connectivity index (χ1) is 13.3. The fourth-order valence-electron chi connectivity index (χ4n) is 4.71. The lowest BCUT2D eigenvalue weighted by Gasteiger charge is -2.37. The summed E-state index contributed by atoms with van der Waals surface area (Å²) >= 11 is 21.2. The molecule has 0 radical (unpaired) electrons. The van der Waals surface area contributed by atoms with Crippen molar-refractivity contribution in [3.8, 4) is 0 Å². The smallest absolute Gasteiger partial charge is 0.246 e. The molecule has 10 heteroatoms. The Morgan fingerprint density at radius 1 is 1.11 bits per heavy atom. The quantitative estimate of drug-likeness (QED) is 0.600. The lowest BCUT2D eigenvalue weighted by molar-refractivity contribution is 0.258. The normalized spacial score (nSPS) is 28.0. The average molecular weight is 527 g/mol. The van der Waals surface area contributed by atoms with Crippen LogP contribution in [0.2, 0.25) is 10.0 Å². The summed E-state index contributed by atoms with van der Waals surface area (Å²) in [5.41, 5.74) is 0. The Balaban J connectivity index is 1.39. The number of nitrogens with one attached hydrogen (secondary N) is 1. The van der Waals surface area contributed by atoms with Crippen molar-refractivity contribution < 1.29 is 8.42 Å². The van der Waals surface area contributed by atoms with Crippen LogP contribution < -0.4 is 5.32 Å². The Bertz CT molecular complexity index is 868. The Labute approximate surface area is 189 Å². The average Bonchev–Trinajstić information content (AvgIpc) is 3.23. The molecule has 3 fully saturated rings. The van der Waals surface area contributed by atoms with Gasteiger partial charge in [-0.05, 0) is 55.4 Å². The van der Waals surface area contributed by atoms with Crippen molar-refractivity contribution >= 4 is 66.5 Å². The van der Waals surface area contributed by atoms with Crippen molar-refractivity contribution in [3.63, 3.8) is 0 Å². The highest BCUT2D eigenvalue weighted by Gasteiger charge is 2.40. The number of thiocarbonyl (C=S) groups is 1. The van der Waals surface area contributed by atoms with Gasteiger partial charge in [-0.3, -0.25) is 0 Å². The molecule has 2 bridgehead atoms. The summed E-state index contributed by atoms with van der Waals surface area (Å²) in [4.78, 5) is 2.04. The fraction of sp³-hybridized carbons (Fsp3) is 0.611. The summed E-state index contributed by atoms with van der Waals surface area (Å²) < 4.78 is 28.2. The lowest BCUT2D eigenvalue weighted by atomic mass is 9.95. The number of piperazine rings is 1. The number of sulfonamides is 1. The Kier molecular flexibility index (Phi) is 6.18. The number of hydrogen-bond acceptors (Lipinski definition) is 3. The highest BCUT2D eigenvalue weighted by atomic mass is 79.9. The van der Waals surface area contributed by atoms with E-state index in [4.69, 9.17) is 35.4 Å². The van der Waals surface area contributed by atoms with Gasteiger partial charge < -0.3 is 10.2 Å². The highest BCUT2D eigenvalue weighted by Crippen LogP contribution is 2.44. The van der Waals surface area contributed by atoms with E-state index in [-0.39, 0.29) is 14.9 Å². The van der Waals surface area contributed by atoms with Gasteiger partial charge in [0.15, 0.2) is 5.11 Å². The van der Waals surface area contributed by atoms with Gasteiger partial charge in [0.05, 0.1) is 10.0 Å². The van der Waals surface area contributed by atoms with Crippen LogP contribution in [0.1, 0.15) is 25.7 Å². The van der Waals surface area contributed by atoms with Crippen molar-refractivity contribution in [2.75, 3.05) is 26.2 Å². The van der Waals surface area contributed by atoms with Crippen LogP contribution in [0, 0.1) is 11.8 Å². The molecule has 28 heavy (non-hydrogen) atoms. The molecule has 154 valence electrons. The second-order valence-electron chi connectivity index (χ2n) is 7.82. The van der Waals surface area contributed by atoms with E-state index >= 15 is 0 Å². The highest BCUT2D eigenvalue weighted by molar-refractivity contribution is 9.10. The van der Waals surface area contributed by atoms with Crippen LogP contribution >= 0.6 is 51.3 Å². The Morgan fingerprint density at radius 2 is 1.75 bits per heavy atom. The molecule has 1 heterocycles. The maximum Gasteiger partial charge on any atom is 0.246 e. The maximum absolute atomic E-state index is 13.1. The second-order valence-corrected chi connectivity index (χ2v) is 11.8. The Hall–Kier alpha value is -0.120. The molecule has 1 aliphatic heterocycles. The molecule has 2 saturated carbocycles. The molecule has 0 amide bonds. The van der Waals surface area contributed by atoms with Gasteiger partial charge in [-0.1, -0.05) is 45.6 Å². The first-order valence-electron chi connectivity index (χ1n) is 9.46. The van der Waals surface area contributed by atoms with E-state index in [0.29, 0.717) is 36.7 Å². The van der Waals surface area contributed by atoms with Crippen LogP contribution in [0.3, 0.4) is 0 Å². The zero-order valence-electron chi connectivity index (χ0n) is 15.2. The van der Waals surface area contributed by atoms with Crippen LogP contribution in [0.15, 0.2) is 21.5 Å². The summed E-state index contributed by atoms with van der Waals surface area (Å²) in [6.45, 7) is 1.81. The SMILES string of the molecule is O=S(=O)(c1c(Cl)cc(Br)cc1Cl)N1CCN(C(=S)N[C@H]2C[C@H]3CC[C@@H]2C3)CC1. The zero-order valence-corrected chi connectivity index (χ0v) is 19.9. The first kappa shape index (κ1) is 21.1. The molecule has 4 rings (SSSR count). The van der Waals surface area contributed by atoms with Gasteiger partial charge >= 0.3 is 0 Å². The second kappa shape index (κ2) is 8.19. The van der Waals surface area contributed by atoms with Gasteiger partial charge in [-0.25, -0.2) is 8.42 Å². The van der Waals surface area contributed by atoms with Crippen LogP contribution in [0.5, 0.6) is 0 Å². The van der Waals surface area contributed by atoms with E-state index in [9.17, 15) is 8.42 Å². The van der Waals surface area contributed by atoms with Crippen LogP contribution in [0.4, 0.5) is 0 Å². The predicted molar refractivity (Wildman–Crippen MR) is 119 cm³/mol. The van der Waals surface area contributed by atoms with Crippen molar-refractivity contribution in [1.82, 2.24) is 14.5 Å². The molecule has 1 aromatic rings. The minimum absolute atomic E-state index is 0.0323. The molecule has 3 aliphatic rings. The standard InChI is InChI=1S/C18H22BrCl2N3O2S2/c19-13-9-14(20)17(15(21)10-13)28(25,26)24-5-3-23(4-6-24)18(27)22-16-8-11-1-2-12(16)7-11/h9-12,16H,1-8H2,(H,22,27)/t11-,12+,16-/m0/s1. The van der Waals surface area contributed by atoms with Gasteiger partial charge in [0.25, 0.3) is 0 Å². The number of fused-ring (bicyclic) bond motifs is 2. The van der Waals surface area contributed by atoms with Crippen LogP contribution in [-0.4, -0.2) is 55.0 Å². The molecule has 0 unspecified atom stereocenters. The van der Waals surface area contributed by atoms with Crippen LogP contribution in [0.25, 0.3) is 0 Å². The van der Waals surface area contributed by atoms with Crippen LogP contribution in [-0.2, 0) is 10.0 Å². The van der Waals surface area contributed by atoms with E-state index in [1.165, 1.54) is 30.0 Å². The number of hydrogen-bond donors (Lipinski definition) is 1. The molecule has 5 nitrogen and oxygen atoms in total. The number of nitrogens with zero attached hydrogens (tertiary/aromatic N) is 2. The number of rotatable bonds is 3. The summed E-state index contributed by atoms with van der Waals surface area (Å²) in [5, 5.41) is 4.52. The van der Waals surface area contributed by atoms with Gasteiger partial charge in [-0.15, -0.1) is 0 Å². The number of halogens is 3. The van der Waals surface area contributed by atoms with Crippen molar-refractivity contribution in [2.45, 2.75) is 36.6 Å². The molecule has 1 N–H and O–H groups in total. The largest absolute Gasteiger partial charge is 0.360 e. The summed E-state index contributed by atoms with van der Waals surface area (Å²) in [5.74, 6) is 1.60. The van der Waals surface area contributed by atoms with E-state index < -0.39 is 10.0 Å². The minimum atomic E-state index is -3.76. The topological polar surface area (TPSA) is 52.7 Å². The van der Waals surface area contributed by atoms with Crippen molar-refractivity contribution in [3.05, 3.63) is 26.7 Å². The molecule has 2 aliphatic carbocycles. The molecule has 0 spiro atoms. The molecular formula is C18H22BrCl2N3O2S2. The third-order valence-electron chi connectivity index (χ3n) is 6.13. The molecule has 0 aromatic heterocycles. The van der Waals surface area contributed by atoms with E-state index in [1.54, 1.807) is 12.1 Å². The minimum Gasteiger partial charge on any atom is -0.360 e. The molecule has 3 atom stereocenters. The monoisotopic (exact) mass is 525 g/mol. The van der Waals surface area contributed by atoms with Gasteiger partial charge in [0.2, 0.25) is 10.0 Å². The molecule has 1 aromatic carbocycles. The summed E-state index contributed by atoms with van der Waals surface area (Å²) in [6, 6.07) is 3.57.